The van der Waals surface area contributed by atoms with Crippen LogP contribution in [0, 0.1) is 5.92 Å². The van der Waals surface area contributed by atoms with Crippen LogP contribution in [0.4, 0.5) is 0 Å². The predicted octanol–water partition coefficient (Wildman–Crippen LogP) is 2.10. The molecule has 0 aliphatic rings. The highest BCUT2D eigenvalue weighted by Crippen LogP contribution is 2.10. The number of hydrogen-bond acceptors (Lipinski definition) is 2. The van der Waals surface area contributed by atoms with E-state index in [0.29, 0.717) is 18.9 Å². The van der Waals surface area contributed by atoms with Crippen LogP contribution in [0.15, 0.2) is 24.3 Å². The summed E-state index contributed by atoms with van der Waals surface area (Å²) in [4.78, 5) is 11.4. The highest BCUT2D eigenvalue weighted by atomic mass is 16.3. The summed E-state index contributed by atoms with van der Waals surface area (Å²) in [5.41, 5.74) is 1.03. The molecular weight excluding hydrogens is 202 g/mol. The number of carbonyl (C=O) groups excluding carboxylic acids is 1. The predicted molar refractivity (Wildman–Crippen MR) is 64.3 cm³/mol. The third-order valence-corrected chi connectivity index (χ3v) is 2.24. The molecule has 0 fully saturated rings. The fraction of sp³-hybridized carbons (Fsp3) is 0.462. The third kappa shape index (κ3) is 4.82. The van der Waals surface area contributed by atoms with E-state index in [4.69, 9.17) is 0 Å². The molecule has 0 saturated carbocycles. The van der Waals surface area contributed by atoms with Crippen molar-refractivity contribution in [2.75, 3.05) is 6.54 Å². The highest BCUT2D eigenvalue weighted by Gasteiger charge is 2.03. The first-order valence-corrected chi connectivity index (χ1v) is 5.62. The number of hydrogen-bond donors (Lipinski definition) is 2. The molecule has 0 radical (unpaired) electrons. The molecule has 0 aromatic heterocycles. The summed E-state index contributed by atoms with van der Waals surface area (Å²) in [5.74, 6) is 0.752. The van der Waals surface area contributed by atoms with E-state index in [1.54, 1.807) is 18.2 Å². The van der Waals surface area contributed by atoms with Gasteiger partial charge in [-0.1, -0.05) is 26.0 Å². The maximum atomic E-state index is 11.4. The van der Waals surface area contributed by atoms with Gasteiger partial charge in [0.05, 0.1) is 0 Å². The van der Waals surface area contributed by atoms with Crippen LogP contribution in [0.25, 0.3) is 0 Å². The van der Waals surface area contributed by atoms with Crippen molar-refractivity contribution >= 4 is 5.91 Å². The Hall–Kier alpha value is -1.51. The van der Waals surface area contributed by atoms with E-state index in [-0.39, 0.29) is 11.7 Å². The molecule has 0 aliphatic heterocycles. The highest BCUT2D eigenvalue weighted by molar-refractivity contribution is 5.76. The minimum atomic E-state index is 0.0927. The van der Waals surface area contributed by atoms with E-state index in [0.717, 1.165) is 12.0 Å². The third-order valence-electron chi connectivity index (χ3n) is 2.24. The molecule has 3 nitrogen and oxygen atoms in total. The topological polar surface area (TPSA) is 49.3 Å². The number of phenolic OH excluding ortho intramolecular Hbond substituents is 1. The Balaban J connectivity index is 2.28. The molecule has 0 aliphatic carbocycles. The molecule has 0 atom stereocenters. The minimum absolute atomic E-state index is 0.0927. The molecular formula is C13H19NO2. The van der Waals surface area contributed by atoms with Crippen molar-refractivity contribution in [1.29, 1.82) is 0 Å². The SMILES string of the molecule is CC(C)CC(=O)NCCc1cccc(O)c1. The van der Waals surface area contributed by atoms with Gasteiger partial charge in [0, 0.05) is 13.0 Å². The van der Waals surface area contributed by atoms with Gasteiger partial charge >= 0.3 is 0 Å². The van der Waals surface area contributed by atoms with Gasteiger partial charge < -0.3 is 10.4 Å². The summed E-state index contributed by atoms with van der Waals surface area (Å²) in [6.07, 6.45) is 1.32. The maximum absolute atomic E-state index is 11.4. The fourth-order valence-electron chi connectivity index (χ4n) is 1.50. The van der Waals surface area contributed by atoms with Crippen LogP contribution in [0.3, 0.4) is 0 Å². The monoisotopic (exact) mass is 221 g/mol. The summed E-state index contributed by atoms with van der Waals surface area (Å²) < 4.78 is 0. The summed E-state index contributed by atoms with van der Waals surface area (Å²) in [7, 11) is 0. The first-order chi connectivity index (χ1) is 7.58. The van der Waals surface area contributed by atoms with Crippen LogP contribution < -0.4 is 5.32 Å². The van der Waals surface area contributed by atoms with E-state index < -0.39 is 0 Å². The Morgan fingerprint density at radius 1 is 1.44 bits per heavy atom. The number of nitrogens with one attached hydrogen (secondary N) is 1. The van der Waals surface area contributed by atoms with Crippen LogP contribution in [0.1, 0.15) is 25.8 Å². The Bertz CT molecular complexity index is 348. The van der Waals surface area contributed by atoms with E-state index >= 15 is 0 Å². The lowest BCUT2D eigenvalue weighted by atomic mass is 10.1. The van der Waals surface area contributed by atoms with E-state index in [1.165, 1.54) is 0 Å². The van der Waals surface area contributed by atoms with Crippen LogP contribution in [0.2, 0.25) is 0 Å². The number of aromatic hydroxyl groups is 1. The fourth-order valence-corrected chi connectivity index (χ4v) is 1.50. The number of amides is 1. The van der Waals surface area contributed by atoms with Crippen molar-refractivity contribution in [3.05, 3.63) is 29.8 Å². The molecule has 1 aromatic rings. The van der Waals surface area contributed by atoms with Crippen molar-refractivity contribution in [3.8, 4) is 5.75 Å². The number of carbonyl (C=O) groups is 1. The van der Waals surface area contributed by atoms with Gasteiger partial charge in [0.25, 0.3) is 0 Å². The lowest BCUT2D eigenvalue weighted by Crippen LogP contribution is -2.26. The molecule has 0 heterocycles. The largest absolute Gasteiger partial charge is 0.508 e. The molecule has 16 heavy (non-hydrogen) atoms. The van der Waals surface area contributed by atoms with Crippen LogP contribution in [-0.2, 0) is 11.2 Å². The standard InChI is InChI=1S/C13H19NO2/c1-10(2)8-13(16)14-7-6-11-4-3-5-12(15)9-11/h3-5,9-10,15H,6-8H2,1-2H3,(H,14,16). The summed E-state index contributed by atoms with van der Waals surface area (Å²) in [6, 6.07) is 7.10. The molecule has 1 rings (SSSR count). The van der Waals surface area contributed by atoms with Crippen LogP contribution >= 0.6 is 0 Å². The van der Waals surface area contributed by atoms with Gasteiger partial charge in [-0.05, 0) is 30.0 Å². The van der Waals surface area contributed by atoms with Gasteiger partial charge in [-0.15, -0.1) is 0 Å². The first kappa shape index (κ1) is 12.6. The molecule has 2 N–H and O–H groups in total. The van der Waals surface area contributed by atoms with Crippen molar-refractivity contribution in [2.24, 2.45) is 5.92 Å². The average Bonchev–Trinajstić information content (AvgIpc) is 2.16. The number of rotatable bonds is 5. The van der Waals surface area contributed by atoms with Gasteiger partial charge in [-0.2, -0.15) is 0 Å². The van der Waals surface area contributed by atoms with Crippen LogP contribution in [-0.4, -0.2) is 17.6 Å². The summed E-state index contributed by atoms with van der Waals surface area (Å²) in [6.45, 7) is 4.67. The van der Waals surface area contributed by atoms with E-state index in [2.05, 4.69) is 5.32 Å². The van der Waals surface area contributed by atoms with E-state index in [1.807, 2.05) is 19.9 Å². The van der Waals surface area contributed by atoms with Crippen molar-refractivity contribution in [1.82, 2.24) is 5.32 Å². The average molecular weight is 221 g/mol. The molecule has 0 saturated heterocycles. The molecule has 0 spiro atoms. The second kappa shape index (κ2) is 6.16. The molecule has 88 valence electrons. The number of phenols is 1. The van der Waals surface area contributed by atoms with E-state index in [9.17, 15) is 9.90 Å². The van der Waals surface area contributed by atoms with Crippen LogP contribution in [0.5, 0.6) is 5.75 Å². The molecule has 1 amide bonds. The smallest absolute Gasteiger partial charge is 0.220 e. The Labute approximate surface area is 96.5 Å². The second-order valence-electron chi connectivity index (χ2n) is 4.37. The Morgan fingerprint density at radius 2 is 2.19 bits per heavy atom. The van der Waals surface area contributed by atoms with Crippen molar-refractivity contribution in [2.45, 2.75) is 26.7 Å². The number of benzene rings is 1. The Morgan fingerprint density at radius 3 is 2.81 bits per heavy atom. The van der Waals surface area contributed by atoms with Gasteiger partial charge in [0.15, 0.2) is 0 Å². The maximum Gasteiger partial charge on any atom is 0.220 e. The van der Waals surface area contributed by atoms with Gasteiger partial charge in [0.1, 0.15) is 5.75 Å². The molecule has 0 bridgehead atoms. The Kier molecular flexibility index (Phi) is 4.83. The quantitative estimate of drug-likeness (QED) is 0.800. The zero-order valence-corrected chi connectivity index (χ0v) is 9.86. The lowest BCUT2D eigenvalue weighted by molar-refractivity contribution is -0.121. The molecule has 1 aromatic carbocycles. The zero-order chi connectivity index (χ0) is 12.0. The first-order valence-electron chi connectivity index (χ1n) is 5.62. The minimum Gasteiger partial charge on any atom is -0.508 e. The van der Waals surface area contributed by atoms with Crippen molar-refractivity contribution < 1.29 is 9.90 Å². The summed E-state index contributed by atoms with van der Waals surface area (Å²) in [5, 5.41) is 12.1. The molecule has 0 unspecified atom stereocenters. The molecule has 3 heteroatoms. The summed E-state index contributed by atoms with van der Waals surface area (Å²) >= 11 is 0. The normalized spacial score (nSPS) is 10.4. The van der Waals surface area contributed by atoms with Crippen molar-refractivity contribution in [3.63, 3.8) is 0 Å². The lowest BCUT2D eigenvalue weighted by Gasteiger charge is -2.07. The van der Waals surface area contributed by atoms with Gasteiger partial charge in [0.2, 0.25) is 5.91 Å². The second-order valence-corrected chi connectivity index (χ2v) is 4.37. The van der Waals surface area contributed by atoms with Gasteiger partial charge in [-0.25, -0.2) is 0 Å². The zero-order valence-electron chi connectivity index (χ0n) is 9.86. The van der Waals surface area contributed by atoms with Gasteiger partial charge in [-0.3, -0.25) is 4.79 Å².